The molecule has 2 heterocycles. The molecule has 6 heteroatoms. The number of fused-ring (bicyclic) bond motifs is 1. The molecule has 0 radical (unpaired) electrons. The average Bonchev–Trinajstić information content (AvgIpc) is 3.16. The van der Waals surface area contributed by atoms with Gasteiger partial charge in [0.25, 0.3) is 6.01 Å². The van der Waals surface area contributed by atoms with Gasteiger partial charge in [0.2, 0.25) is 0 Å². The Kier molecular flexibility index (Phi) is 3.46. The van der Waals surface area contributed by atoms with Gasteiger partial charge in [-0.2, -0.15) is 4.98 Å². The molecule has 23 heavy (non-hydrogen) atoms. The molecule has 1 N–H and O–H groups in total. The van der Waals surface area contributed by atoms with Crippen LogP contribution in [-0.2, 0) is 4.74 Å². The molecule has 0 spiro atoms. The summed E-state index contributed by atoms with van der Waals surface area (Å²) in [5, 5.41) is 3.19. The molecule has 4 rings (SSSR count). The van der Waals surface area contributed by atoms with Crippen molar-refractivity contribution in [3.05, 3.63) is 59.7 Å². The minimum atomic E-state index is -0.876. The Morgan fingerprint density at radius 2 is 1.96 bits per heavy atom. The van der Waals surface area contributed by atoms with E-state index in [1.807, 2.05) is 24.3 Å². The monoisotopic (exact) mass is 316 g/mol. The number of aromatic nitrogens is 1. The van der Waals surface area contributed by atoms with E-state index in [4.69, 9.17) is 9.15 Å². The molecular formula is C17H14F2N2O2. The summed E-state index contributed by atoms with van der Waals surface area (Å²) in [6.07, 6.45) is 0.350. The van der Waals surface area contributed by atoms with E-state index in [0.717, 1.165) is 18.0 Å². The number of ether oxygens (including phenoxy) is 1. The molecule has 118 valence electrons. The standard InChI is InChI=1S/C17H14F2N2O2/c18-11-6-5-10(9-12(11)19)16-14(7-8-22-16)21-17-20-13-3-1-2-4-15(13)23-17/h1-6,9,14,16H,7-8H2,(H,20,21). The van der Waals surface area contributed by atoms with E-state index in [9.17, 15) is 8.78 Å². The van der Waals surface area contributed by atoms with Gasteiger partial charge in [0.15, 0.2) is 17.2 Å². The van der Waals surface area contributed by atoms with Crippen molar-refractivity contribution in [2.24, 2.45) is 0 Å². The number of nitrogens with zero attached hydrogens (tertiary/aromatic N) is 1. The fraction of sp³-hybridized carbons (Fsp3) is 0.235. The van der Waals surface area contributed by atoms with Crippen molar-refractivity contribution in [2.45, 2.75) is 18.6 Å². The molecule has 1 fully saturated rings. The Hall–Kier alpha value is -2.47. The third-order valence-corrected chi connectivity index (χ3v) is 3.97. The number of hydrogen-bond donors (Lipinski definition) is 1. The van der Waals surface area contributed by atoms with E-state index in [1.54, 1.807) is 0 Å². The maximum atomic E-state index is 13.4. The van der Waals surface area contributed by atoms with Crippen molar-refractivity contribution in [3.63, 3.8) is 0 Å². The Balaban J connectivity index is 1.58. The average molecular weight is 316 g/mol. The maximum Gasteiger partial charge on any atom is 0.296 e. The second-order valence-corrected chi connectivity index (χ2v) is 5.49. The first kappa shape index (κ1) is 14.1. The van der Waals surface area contributed by atoms with Gasteiger partial charge in [0.05, 0.1) is 6.04 Å². The summed E-state index contributed by atoms with van der Waals surface area (Å²) >= 11 is 0. The smallest absolute Gasteiger partial charge is 0.296 e. The number of nitrogens with one attached hydrogen (secondary N) is 1. The zero-order valence-corrected chi connectivity index (χ0v) is 12.1. The molecule has 0 saturated carbocycles. The summed E-state index contributed by atoms with van der Waals surface area (Å²) < 4.78 is 37.9. The van der Waals surface area contributed by atoms with Gasteiger partial charge in [0.1, 0.15) is 11.6 Å². The van der Waals surface area contributed by atoms with Crippen LogP contribution >= 0.6 is 0 Å². The molecule has 3 aromatic rings. The fourth-order valence-corrected chi connectivity index (χ4v) is 2.85. The van der Waals surface area contributed by atoms with Gasteiger partial charge in [-0.15, -0.1) is 0 Å². The van der Waals surface area contributed by atoms with Crippen molar-refractivity contribution >= 4 is 17.1 Å². The molecule has 2 unspecified atom stereocenters. The van der Waals surface area contributed by atoms with Crippen LogP contribution in [0.2, 0.25) is 0 Å². The zero-order chi connectivity index (χ0) is 15.8. The molecule has 2 atom stereocenters. The quantitative estimate of drug-likeness (QED) is 0.792. The molecule has 1 aliphatic heterocycles. The van der Waals surface area contributed by atoms with Crippen molar-refractivity contribution in [1.82, 2.24) is 4.98 Å². The normalized spacial score (nSPS) is 21.0. The number of benzene rings is 2. The van der Waals surface area contributed by atoms with Crippen LogP contribution in [0.1, 0.15) is 18.1 Å². The Morgan fingerprint density at radius 1 is 1.09 bits per heavy atom. The third-order valence-electron chi connectivity index (χ3n) is 3.97. The van der Waals surface area contributed by atoms with Gasteiger partial charge in [-0.05, 0) is 36.2 Å². The lowest BCUT2D eigenvalue weighted by molar-refractivity contribution is 0.107. The number of anilines is 1. The molecule has 1 saturated heterocycles. The minimum Gasteiger partial charge on any atom is -0.424 e. The molecule has 0 aliphatic carbocycles. The van der Waals surface area contributed by atoms with Gasteiger partial charge in [-0.3, -0.25) is 0 Å². The van der Waals surface area contributed by atoms with Crippen molar-refractivity contribution in [1.29, 1.82) is 0 Å². The summed E-state index contributed by atoms with van der Waals surface area (Å²) in [5.74, 6) is -1.74. The highest BCUT2D eigenvalue weighted by Crippen LogP contribution is 2.32. The van der Waals surface area contributed by atoms with Gasteiger partial charge < -0.3 is 14.5 Å². The lowest BCUT2D eigenvalue weighted by Crippen LogP contribution is -2.23. The largest absolute Gasteiger partial charge is 0.424 e. The molecule has 0 bridgehead atoms. The highest BCUT2D eigenvalue weighted by molar-refractivity contribution is 5.74. The van der Waals surface area contributed by atoms with Gasteiger partial charge in [-0.25, -0.2) is 8.78 Å². The van der Waals surface area contributed by atoms with E-state index in [0.29, 0.717) is 23.8 Å². The van der Waals surface area contributed by atoms with Crippen molar-refractivity contribution in [3.8, 4) is 0 Å². The molecular weight excluding hydrogens is 302 g/mol. The van der Waals surface area contributed by atoms with Crippen molar-refractivity contribution < 1.29 is 17.9 Å². The van der Waals surface area contributed by atoms with Crippen LogP contribution in [0.4, 0.5) is 14.8 Å². The van der Waals surface area contributed by atoms with E-state index in [-0.39, 0.29) is 12.1 Å². The van der Waals surface area contributed by atoms with E-state index in [1.165, 1.54) is 12.1 Å². The number of hydrogen-bond acceptors (Lipinski definition) is 4. The second-order valence-electron chi connectivity index (χ2n) is 5.49. The highest BCUT2D eigenvalue weighted by atomic mass is 19.2. The molecule has 4 nitrogen and oxygen atoms in total. The fourth-order valence-electron chi connectivity index (χ4n) is 2.85. The summed E-state index contributed by atoms with van der Waals surface area (Å²) in [7, 11) is 0. The lowest BCUT2D eigenvalue weighted by Gasteiger charge is -2.19. The van der Waals surface area contributed by atoms with Crippen molar-refractivity contribution in [2.75, 3.05) is 11.9 Å². The summed E-state index contributed by atoms with van der Waals surface area (Å²) in [5.41, 5.74) is 2.05. The second kappa shape index (κ2) is 5.62. The van der Waals surface area contributed by atoms with Crippen LogP contribution in [0.3, 0.4) is 0 Å². The number of halogens is 2. The first-order chi connectivity index (χ1) is 11.2. The van der Waals surface area contributed by atoms with E-state index in [2.05, 4.69) is 10.3 Å². The lowest BCUT2D eigenvalue weighted by atomic mass is 10.0. The highest BCUT2D eigenvalue weighted by Gasteiger charge is 2.31. The first-order valence-electron chi connectivity index (χ1n) is 7.39. The topological polar surface area (TPSA) is 47.3 Å². The Bertz CT molecular complexity index is 816. The van der Waals surface area contributed by atoms with Crippen LogP contribution in [0.15, 0.2) is 46.9 Å². The van der Waals surface area contributed by atoms with Gasteiger partial charge >= 0.3 is 0 Å². The number of para-hydroxylation sites is 2. The molecule has 1 aliphatic rings. The third kappa shape index (κ3) is 2.66. The van der Waals surface area contributed by atoms with E-state index < -0.39 is 11.6 Å². The number of oxazole rings is 1. The summed E-state index contributed by atoms with van der Waals surface area (Å²) in [6.45, 7) is 0.529. The maximum absolute atomic E-state index is 13.4. The summed E-state index contributed by atoms with van der Waals surface area (Å²) in [6, 6.07) is 11.6. The van der Waals surface area contributed by atoms with Crippen LogP contribution in [0.25, 0.3) is 11.1 Å². The minimum absolute atomic E-state index is 0.118. The van der Waals surface area contributed by atoms with Gasteiger partial charge in [0, 0.05) is 6.61 Å². The Morgan fingerprint density at radius 3 is 2.78 bits per heavy atom. The van der Waals surface area contributed by atoms with E-state index >= 15 is 0 Å². The van der Waals surface area contributed by atoms with Crippen LogP contribution in [-0.4, -0.2) is 17.6 Å². The predicted octanol–water partition coefficient (Wildman–Crippen LogP) is 4.05. The Labute approximate surface area is 131 Å². The number of rotatable bonds is 3. The molecule has 2 aromatic carbocycles. The SMILES string of the molecule is Fc1ccc(C2OCCC2Nc2nc3ccccc3o2)cc1F. The van der Waals surface area contributed by atoms with Gasteiger partial charge in [-0.1, -0.05) is 18.2 Å². The van der Waals surface area contributed by atoms with Crippen LogP contribution < -0.4 is 5.32 Å². The zero-order valence-electron chi connectivity index (χ0n) is 12.1. The predicted molar refractivity (Wildman–Crippen MR) is 81.1 cm³/mol. The molecule has 1 aromatic heterocycles. The summed E-state index contributed by atoms with van der Waals surface area (Å²) in [4.78, 5) is 4.37. The van der Waals surface area contributed by atoms with Crippen LogP contribution in [0, 0.1) is 11.6 Å². The first-order valence-corrected chi connectivity index (χ1v) is 7.39. The van der Waals surface area contributed by atoms with Crippen LogP contribution in [0.5, 0.6) is 0 Å². The molecule has 0 amide bonds.